The van der Waals surface area contributed by atoms with Crippen molar-refractivity contribution in [2.75, 3.05) is 36.0 Å². The number of rotatable bonds is 4. The fraction of sp³-hybridized carbons (Fsp3) is 0.280. The Morgan fingerprint density at radius 1 is 0.800 bits per heavy atom. The van der Waals surface area contributed by atoms with Crippen molar-refractivity contribution in [1.29, 1.82) is 0 Å². The molecule has 0 bridgehead atoms. The summed E-state index contributed by atoms with van der Waals surface area (Å²) in [5, 5.41) is 4.75. The monoisotopic (exact) mass is 397 g/mol. The molecule has 3 heterocycles. The maximum absolute atomic E-state index is 4.99. The van der Waals surface area contributed by atoms with Gasteiger partial charge in [0.05, 0.1) is 6.20 Å². The van der Waals surface area contributed by atoms with Gasteiger partial charge in [0, 0.05) is 49.2 Å². The van der Waals surface area contributed by atoms with Gasteiger partial charge in [-0.2, -0.15) is 9.61 Å². The number of hydrogen-bond acceptors (Lipinski definition) is 4. The van der Waals surface area contributed by atoms with Crippen molar-refractivity contribution in [1.82, 2.24) is 14.6 Å². The lowest BCUT2D eigenvalue weighted by Crippen LogP contribution is -2.47. The first-order chi connectivity index (χ1) is 14.7. The quantitative estimate of drug-likeness (QED) is 0.493. The topological polar surface area (TPSA) is 36.7 Å². The molecule has 0 radical (unpaired) electrons. The Bertz CT molecular complexity index is 1130. The van der Waals surface area contributed by atoms with Crippen LogP contribution in [0.15, 0.2) is 72.9 Å². The predicted molar refractivity (Wildman–Crippen MR) is 123 cm³/mol. The zero-order valence-electron chi connectivity index (χ0n) is 17.6. The van der Waals surface area contributed by atoms with Crippen LogP contribution in [0.4, 0.5) is 11.5 Å². The summed E-state index contributed by atoms with van der Waals surface area (Å²) in [6.45, 7) is 8.33. The van der Waals surface area contributed by atoms with Crippen molar-refractivity contribution in [3.8, 4) is 11.1 Å². The Hall–Kier alpha value is -3.34. The van der Waals surface area contributed by atoms with Crippen LogP contribution in [-0.2, 0) is 0 Å². The van der Waals surface area contributed by atoms with Crippen LogP contribution in [0.1, 0.15) is 25.5 Å². The van der Waals surface area contributed by atoms with Crippen molar-refractivity contribution in [2.24, 2.45) is 0 Å². The van der Waals surface area contributed by atoms with E-state index in [2.05, 4.69) is 84.3 Å². The van der Waals surface area contributed by atoms with Crippen LogP contribution in [0.3, 0.4) is 0 Å². The Balaban J connectivity index is 1.51. The largest absolute Gasteiger partial charge is 0.368 e. The highest BCUT2D eigenvalue weighted by Crippen LogP contribution is 2.29. The molecule has 0 saturated carbocycles. The summed E-state index contributed by atoms with van der Waals surface area (Å²) >= 11 is 0. The normalized spacial score (nSPS) is 14.6. The van der Waals surface area contributed by atoms with Crippen LogP contribution in [0.5, 0.6) is 0 Å². The molecule has 0 amide bonds. The van der Waals surface area contributed by atoms with Crippen LogP contribution >= 0.6 is 0 Å². The molecule has 4 aromatic rings. The van der Waals surface area contributed by atoms with Crippen molar-refractivity contribution in [3.05, 3.63) is 78.6 Å². The van der Waals surface area contributed by atoms with Gasteiger partial charge >= 0.3 is 0 Å². The molecule has 1 saturated heterocycles. The summed E-state index contributed by atoms with van der Waals surface area (Å²) in [5.74, 6) is 1.50. The SMILES string of the molecule is CC(C)c1cc(N2CCN(c3ccccc3)CC2)n2ncc(-c3ccccc3)c2n1. The highest BCUT2D eigenvalue weighted by atomic mass is 15.4. The molecular formula is C25H27N5. The summed E-state index contributed by atoms with van der Waals surface area (Å²) in [5.41, 5.74) is 5.59. The lowest BCUT2D eigenvalue weighted by atomic mass is 10.1. The van der Waals surface area contributed by atoms with Gasteiger partial charge < -0.3 is 9.80 Å². The molecule has 1 aliphatic rings. The third-order valence-corrected chi connectivity index (χ3v) is 5.87. The molecule has 5 nitrogen and oxygen atoms in total. The third-order valence-electron chi connectivity index (χ3n) is 5.87. The van der Waals surface area contributed by atoms with Crippen molar-refractivity contribution in [2.45, 2.75) is 19.8 Å². The van der Waals surface area contributed by atoms with Crippen molar-refractivity contribution < 1.29 is 0 Å². The average Bonchev–Trinajstić information content (AvgIpc) is 3.24. The Kier molecular flexibility index (Phi) is 4.87. The minimum absolute atomic E-state index is 0.359. The van der Waals surface area contributed by atoms with Gasteiger partial charge in [-0.1, -0.05) is 62.4 Å². The number of piperazine rings is 1. The summed E-state index contributed by atoms with van der Waals surface area (Å²) in [4.78, 5) is 9.89. The number of aromatic nitrogens is 3. The van der Waals surface area contributed by atoms with E-state index in [0.29, 0.717) is 5.92 Å². The van der Waals surface area contributed by atoms with Crippen LogP contribution in [0, 0.1) is 0 Å². The molecule has 5 rings (SSSR count). The van der Waals surface area contributed by atoms with Crippen molar-refractivity contribution in [3.63, 3.8) is 0 Å². The summed E-state index contributed by atoms with van der Waals surface area (Å²) in [6.07, 6.45) is 1.95. The predicted octanol–water partition coefficient (Wildman–Crippen LogP) is 4.85. The van der Waals surface area contributed by atoms with E-state index < -0.39 is 0 Å². The van der Waals surface area contributed by atoms with Crippen LogP contribution < -0.4 is 9.80 Å². The van der Waals surface area contributed by atoms with E-state index in [0.717, 1.165) is 54.5 Å². The zero-order chi connectivity index (χ0) is 20.5. The molecule has 0 spiro atoms. The minimum atomic E-state index is 0.359. The fourth-order valence-corrected chi connectivity index (χ4v) is 4.14. The maximum Gasteiger partial charge on any atom is 0.165 e. The molecular weight excluding hydrogens is 370 g/mol. The van der Waals surface area contributed by atoms with Gasteiger partial charge in [-0.05, 0) is 23.6 Å². The molecule has 0 aliphatic carbocycles. The maximum atomic E-state index is 4.99. The Morgan fingerprint density at radius 2 is 1.43 bits per heavy atom. The second-order valence-electron chi connectivity index (χ2n) is 8.16. The van der Waals surface area contributed by atoms with E-state index >= 15 is 0 Å². The smallest absolute Gasteiger partial charge is 0.165 e. The molecule has 1 aliphatic heterocycles. The number of anilines is 2. The first-order valence-electron chi connectivity index (χ1n) is 10.7. The van der Waals surface area contributed by atoms with Gasteiger partial charge in [0.1, 0.15) is 5.82 Å². The molecule has 0 unspecified atom stereocenters. The van der Waals surface area contributed by atoms with Crippen molar-refractivity contribution >= 4 is 17.2 Å². The van der Waals surface area contributed by atoms with Crippen LogP contribution in [0.2, 0.25) is 0 Å². The van der Waals surface area contributed by atoms with E-state index in [1.165, 1.54) is 5.69 Å². The first-order valence-corrected chi connectivity index (χ1v) is 10.7. The molecule has 0 atom stereocenters. The van der Waals surface area contributed by atoms with Crippen LogP contribution in [0.25, 0.3) is 16.8 Å². The highest BCUT2D eigenvalue weighted by Gasteiger charge is 2.22. The molecule has 5 heteroatoms. The van der Waals surface area contributed by atoms with Gasteiger partial charge in [-0.15, -0.1) is 0 Å². The van der Waals surface area contributed by atoms with Gasteiger partial charge in [-0.3, -0.25) is 0 Å². The number of hydrogen-bond donors (Lipinski definition) is 0. The third kappa shape index (κ3) is 3.41. The molecule has 2 aromatic carbocycles. The number of fused-ring (bicyclic) bond motifs is 1. The van der Waals surface area contributed by atoms with Gasteiger partial charge in [-0.25, -0.2) is 4.98 Å². The number of para-hydroxylation sites is 1. The zero-order valence-corrected chi connectivity index (χ0v) is 17.6. The molecule has 0 N–H and O–H groups in total. The Morgan fingerprint density at radius 3 is 2.10 bits per heavy atom. The van der Waals surface area contributed by atoms with E-state index in [9.17, 15) is 0 Å². The minimum Gasteiger partial charge on any atom is -0.368 e. The van der Waals surface area contributed by atoms with Crippen LogP contribution in [-0.4, -0.2) is 40.8 Å². The second-order valence-corrected chi connectivity index (χ2v) is 8.16. The fourth-order valence-electron chi connectivity index (χ4n) is 4.14. The summed E-state index contributed by atoms with van der Waals surface area (Å²) in [7, 11) is 0. The van der Waals surface area contributed by atoms with Gasteiger partial charge in [0.15, 0.2) is 5.65 Å². The van der Waals surface area contributed by atoms with Gasteiger partial charge in [0.2, 0.25) is 0 Å². The highest BCUT2D eigenvalue weighted by molar-refractivity contribution is 5.78. The first kappa shape index (κ1) is 18.7. The number of benzene rings is 2. The average molecular weight is 398 g/mol. The van der Waals surface area contributed by atoms with E-state index in [1.54, 1.807) is 0 Å². The number of nitrogens with zero attached hydrogens (tertiary/aromatic N) is 5. The summed E-state index contributed by atoms with van der Waals surface area (Å²) in [6, 6.07) is 23.3. The molecule has 152 valence electrons. The van der Waals surface area contributed by atoms with E-state index in [-0.39, 0.29) is 0 Å². The lowest BCUT2D eigenvalue weighted by Gasteiger charge is -2.37. The molecule has 2 aromatic heterocycles. The van der Waals surface area contributed by atoms with Gasteiger partial charge in [0.25, 0.3) is 0 Å². The standard InChI is InChI=1S/C25H27N5/c1-19(2)23-17-24(29-15-13-28(14-16-29)21-11-7-4-8-12-21)30-25(27-23)22(18-26-30)20-9-5-3-6-10-20/h3-12,17-19H,13-16H2,1-2H3. The molecule has 1 fully saturated rings. The van der Waals surface area contributed by atoms with E-state index in [1.807, 2.05) is 16.8 Å². The molecule has 30 heavy (non-hydrogen) atoms. The summed E-state index contributed by atoms with van der Waals surface area (Å²) < 4.78 is 2.02. The lowest BCUT2D eigenvalue weighted by molar-refractivity contribution is 0.637. The Labute approximate surface area is 177 Å². The second kappa shape index (κ2) is 7.82. The van der Waals surface area contributed by atoms with E-state index in [4.69, 9.17) is 10.1 Å².